The van der Waals surface area contributed by atoms with Gasteiger partial charge >= 0.3 is 0 Å². The summed E-state index contributed by atoms with van der Waals surface area (Å²) in [4.78, 5) is 2.19. The summed E-state index contributed by atoms with van der Waals surface area (Å²) in [5, 5.41) is 2.24. The number of hydrazine groups is 1. The van der Waals surface area contributed by atoms with Crippen LogP contribution in [0.4, 0.5) is 0 Å². The Morgan fingerprint density at radius 1 is 1.40 bits per heavy atom. The summed E-state index contributed by atoms with van der Waals surface area (Å²) < 4.78 is 0. The van der Waals surface area contributed by atoms with Crippen LogP contribution in [0.2, 0.25) is 0 Å². The standard InChI is InChI=1S/C7H17N3/c1-7(2)8-10(7)6-5-9(3)4/h8H,5-6H2,1-4H3. The van der Waals surface area contributed by atoms with Crippen LogP contribution in [0.1, 0.15) is 13.8 Å². The number of nitrogens with one attached hydrogen (secondary N) is 1. The molecule has 1 N–H and O–H groups in total. The fourth-order valence-electron chi connectivity index (χ4n) is 0.941. The quantitative estimate of drug-likeness (QED) is 0.568. The molecule has 0 amide bonds. The molecule has 0 saturated carbocycles. The van der Waals surface area contributed by atoms with Gasteiger partial charge in [0.05, 0.1) is 5.66 Å². The van der Waals surface area contributed by atoms with E-state index >= 15 is 0 Å². The van der Waals surface area contributed by atoms with E-state index < -0.39 is 0 Å². The molecule has 1 heterocycles. The molecule has 0 spiro atoms. The molecule has 1 saturated heterocycles. The summed E-state index contributed by atoms with van der Waals surface area (Å²) in [5.41, 5.74) is 3.53. The normalized spacial score (nSPS) is 29.1. The number of hydrogen-bond donors (Lipinski definition) is 1. The average molecular weight is 143 g/mol. The molecule has 3 nitrogen and oxygen atoms in total. The molecule has 0 aromatic carbocycles. The fourth-order valence-corrected chi connectivity index (χ4v) is 0.941. The maximum Gasteiger partial charge on any atom is 0.0918 e. The van der Waals surface area contributed by atoms with E-state index in [0.29, 0.717) is 0 Å². The zero-order chi connectivity index (χ0) is 7.78. The predicted molar refractivity (Wildman–Crippen MR) is 42.5 cm³/mol. The molecule has 1 aliphatic rings. The lowest BCUT2D eigenvalue weighted by molar-refractivity contribution is 0.336. The second-order valence-electron chi connectivity index (χ2n) is 3.63. The van der Waals surface area contributed by atoms with Crippen LogP contribution in [0.15, 0.2) is 0 Å². The molecule has 1 unspecified atom stereocenters. The van der Waals surface area contributed by atoms with Crippen LogP contribution in [0, 0.1) is 0 Å². The third-order valence-corrected chi connectivity index (χ3v) is 1.80. The predicted octanol–water partition coefficient (Wildman–Crippen LogP) is 0.104. The number of nitrogens with zero attached hydrogens (tertiary/aromatic N) is 2. The van der Waals surface area contributed by atoms with Gasteiger partial charge in [0.25, 0.3) is 0 Å². The van der Waals surface area contributed by atoms with Gasteiger partial charge in [-0.2, -0.15) is 0 Å². The highest BCUT2D eigenvalue weighted by molar-refractivity contribution is 4.88. The van der Waals surface area contributed by atoms with E-state index in [2.05, 4.69) is 43.3 Å². The molecule has 0 aliphatic carbocycles. The minimum Gasteiger partial charge on any atom is -0.308 e. The Labute approximate surface area is 63.0 Å². The molecule has 1 rings (SSSR count). The molecule has 1 atom stereocenters. The van der Waals surface area contributed by atoms with Crippen LogP contribution in [0.3, 0.4) is 0 Å². The fraction of sp³-hybridized carbons (Fsp3) is 1.00. The molecule has 1 fully saturated rings. The summed E-state index contributed by atoms with van der Waals surface area (Å²) >= 11 is 0. The molecule has 0 aromatic rings. The van der Waals surface area contributed by atoms with Gasteiger partial charge in [0, 0.05) is 13.1 Å². The third-order valence-electron chi connectivity index (χ3n) is 1.80. The van der Waals surface area contributed by atoms with Crippen molar-refractivity contribution < 1.29 is 0 Å². The first kappa shape index (κ1) is 7.98. The molecule has 10 heavy (non-hydrogen) atoms. The Morgan fingerprint density at radius 3 is 2.20 bits per heavy atom. The van der Waals surface area contributed by atoms with Gasteiger partial charge in [0.15, 0.2) is 0 Å². The Bertz CT molecular complexity index is 120. The van der Waals surface area contributed by atoms with Crippen molar-refractivity contribution in [2.24, 2.45) is 0 Å². The zero-order valence-electron chi connectivity index (χ0n) is 7.31. The van der Waals surface area contributed by atoms with Crippen molar-refractivity contribution in [2.75, 3.05) is 27.2 Å². The van der Waals surface area contributed by atoms with Crippen molar-refractivity contribution >= 4 is 0 Å². The smallest absolute Gasteiger partial charge is 0.0918 e. The van der Waals surface area contributed by atoms with Crippen LogP contribution in [0.25, 0.3) is 0 Å². The van der Waals surface area contributed by atoms with Crippen LogP contribution in [-0.4, -0.2) is 42.8 Å². The Hall–Kier alpha value is -0.120. The summed E-state index contributed by atoms with van der Waals surface area (Å²) in [7, 11) is 4.19. The van der Waals surface area contributed by atoms with Gasteiger partial charge in [0.1, 0.15) is 0 Å². The van der Waals surface area contributed by atoms with Crippen LogP contribution >= 0.6 is 0 Å². The molecule has 0 bridgehead atoms. The summed E-state index contributed by atoms with van der Waals surface area (Å²) in [6.45, 7) is 6.60. The Balaban J connectivity index is 2.07. The average Bonchev–Trinajstić information content (AvgIpc) is 2.35. The second kappa shape index (κ2) is 2.49. The first-order valence-electron chi connectivity index (χ1n) is 3.72. The van der Waals surface area contributed by atoms with E-state index in [4.69, 9.17) is 0 Å². The van der Waals surface area contributed by atoms with Crippen molar-refractivity contribution in [3.05, 3.63) is 0 Å². The number of rotatable bonds is 3. The molecule has 3 heteroatoms. The van der Waals surface area contributed by atoms with Crippen molar-refractivity contribution in [2.45, 2.75) is 19.5 Å². The van der Waals surface area contributed by atoms with Gasteiger partial charge in [0.2, 0.25) is 0 Å². The first-order valence-corrected chi connectivity index (χ1v) is 3.72. The van der Waals surface area contributed by atoms with E-state index in [9.17, 15) is 0 Å². The zero-order valence-corrected chi connectivity index (χ0v) is 7.31. The van der Waals surface area contributed by atoms with Crippen molar-refractivity contribution in [1.82, 2.24) is 15.3 Å². The number of hydrogen-bond acceptors (Lipinski definition) is 3. The maximum absolute atomic E-state index is 3.27. The molecule has 0 radical (unpaired) electrons. The molecule has 0 aromatic heterocycles. The number of likely N-dealkylation sites (N-methyl/N-ethyl adjacent to an activating group) is 1. The molecule has 1 aliphatic heterocycles. The van der Waals surface area contributed by atoms with E-state index in [1.807, 2.05) is 0 Å². The summed E-state index contributed by atoms with van der Waals surface area (Å²) in [6.07, 6.45) is 0. The first-order chi connectivity index (χ1) is 4.52. The van der Waals surface area contributed by atoms with Crippen LogP contribution in [-0.2, 0) is 0 Å². The highest BCUT2D eigenvalue weighted by Gasteiger charge is 2.41. The Morgan fingerprint density at radius 2 is 1.90 bits per heavy atom. The van der Waals surface area contributed by atoms with Crippen LogP contribution < -0.4 is 5.43 Å². The molecular formula is C7H17N3. The minimum atomic E-state index is 0.260. The Kier molecular flexibility index (Phi) is 1.99. The topological polar surface area (TPSA) is 28.2 Å². The maximum atomic E-state index is 3.27. The van der Waals surface area contributed by atoms with Gasteiger partial charge in [-0.05, 0) is 27.9 Å². The van der Waals surface area contributed by atoms with Gasteiger partial charge in [-0.15, -0.1) is 0 Å². The lowest BCUT2D eigenvalue weighted by atomic mass is 10.3. The highest BCUT2D eigenvalue weighted by atomic mass is 15.8. The van der Waals surface area contributed by atoms with Gasteiger partial charge in [-0.25, -0.2) is 10.4 Å². The molecule has 60 valence electrons. The lowest BCUT2D eigenvalue weighted by Crippen LogP contribution is -2.23. The minimum absolute atomic E-state index is 0.260. The van der Waals surface area contributed by atoms with Gasteiger partial charge < -0.3 is 4.90 Å². The highest BCUT2D eigenvalue weighted by Crippen LogP contribution is 2.21. The van der Waals surface area contributed by atoms with Crippen molar-refractivity contribution in [3.8, 4) is 0 Å². The van der Waals surface area contributed by atoms with Gasteiger partial charge in [-0.1, -0.05) is 0 Å². The monoisotopic (exact) mass is 143 g/mol. The van der Waals surface area contributed by atoms with Crippen LogP contribution in [0.5, 0.6) is 0 Å². The summed E-state index contributed by atoms with van der Waals surface area (Å²) in [5.74, 6) is 0. The summed E-state index contributed by atoms with van der Waals surface area (Å²) in [6, 6.07) is 0. The molecular weight excluding hydrogens is 126 g/mol. The van der Waals surface area contributed by atoms with Gasteiger partial charge in [-0.3, -0.25) is 0 Å². The SMILES string of the molecule is CN(C)CCN1NC1(C)C. The van der Waals surface area contributed by atoms with E-state index in [-0.39, 0.29) is 5.66 Å². The van der Waals surface area contributed by atoms with E-state index in [1.165, 1.54) is 0 Å². The van der Waals surface area contributed by atoms with E-state index in [1.54, 1.807) is 0 Å². The largest absolute Gasteiger partial charge is 0.308 e. The van der Waals surface area contributed by atoms with Crippen molar-refractivity contribution in [1.29, 1.82) is 0 Å². The second-order valence-corrected chi connectivity index (χ2v) is 3.63. The third kappa shape index (κ3) is 1.94. The van der Waals surface area contributed by atoms with Crippen molar-refractivity contribution in [3.63, 3.8) is 0 Å². The lowest BCUT2D eigenvalue weighted by Gasteiger charge is -2.09. The van der Waals surface area contributed by atoms with E-state index in [0.717, 1.165) is 13.1 Å².